The number of carbonyl (C=O) groups excluding carboxylic acids is 1. The summed E-state index contributed by atoms with van der Waals surface area (Å²) < 4.78 is 0. The van der Waals surface area contributed by atoms with Crippen molar-refractivity contribution in [2.45, 2.75) is 52.6 Å². The van der Waals surface area contributed by atoms with Crippen molar-refractivity contribution in [3.05, 3.63) is 0 Å². The molecule has 0 aliphatic carbocycles. The maximum absolute atomic E-state index is 10.8. The Labute approximate surface area is 86.4 Å². The second-order valence-corrected chi connectivity index (χ2v) is 4.02. The molecule has 0 radical (unpaired) electrons. The van der Waals surface area contributed by atoms with Crippen LogP contribution in [-0.4, -0.2) is 29.5 Å². The van der Waals surface area contributed by atoms with E-state index in [0.29, 0.717) is 18.5 Å². The predicted octanol–water partition coefficient (Wildman–Crippen LogP) is 1.30. The molecule has 0 saturated carbocycles. The van der Waals surface area contributed by atoms with Crippen LogP contribution in [0.2, 0.25) is 0 Å². The SMILES string of the molecule is CC(C)N(CCCC(=O)ON)C(C)C. The molecule has 0 amide bonds. The standard InChI is InChI=1S/C10H22N2O2/c1-8(2)12(9(3)4)7-5-6-10(13)14-11/h8-9H,5-7,11H2,1-4H3. The van der Waals surface area contributed by atoms with E-state index in [2.05, 4.69) is 37.4 Å². The van der Waals surface area contributed by atoms with Crippen molar-refractivity contribution in [2.75, 3.05) is 6.54 Å². The first-order chi connectivity index (χ1) is 6.49. The average molecular weight is 202 g/mol. The smallest absolute Gasteiger partial charge is 0.324 e. The van der Waals surface area contributed by atoms with E-state index in [1.165, 1.54) is 0 Å². The topological polar surface area (TPSA) is 55.6 Å². The lowest BCUT2D eigenvalue weighted by Crippen LogP contribution is -2.37. The van der Waals surface area contributed by atoms with Gasteiger partial charge in [0.25, 0.3) is 0 Å². The molecule has 0 aromatic carbocycles. The minimum absolute atomic E-state index is 0.336. The molecule has 0 aromatic rings. The van der Waals surface area contributed by atoms with Crippen molar-refractivity contribution >= 4 is 5.97 Å². The predicted molar refractivity (Wildman–Crippen MR) is 56.5 cm³/mol. The van der Waals surface area contributed by atoms with Gasteiger partial charge in [0.05, 0.1) is 0 Å². The normalized spacial score (nSPS) is 11.4. The van der Waals surface area contributed by atoms with Crippen LogP contribution in [0.3, 0.4) is 0 Å². The minimum atomic E-state index is -0.336. The first-order valence-corrected chi connectivity index (χ1v) is 5.14. The molecule has 14 heavy (non-hydrogen) atoms. The average Bonchev–Trinajstić information content (AvgIpc) is 2.10. The molecule has 0 aromatic heterocycles. The van der Waals surface area contributed by atoms with Crippen molar-refractivity contribution < 1.29 is 9.63 Å². The number of nitrogens with two attached hydrogens (primary N) is 1. The zero-order valence-electron chi connectivity index (χ0n) is 9.62. The van der Waals surface area contributed by atoms with E-state index in [4.69, 9.17) is 5.90 Å². The van der Waals surface area contributed by atoms with Crippen LogP contribution in [0.5, 0.6) is 0 Å². The largest absolute Gasteiger partial charge is 0.373 e. The maximum atomic E-state index is 10.8. The van der Waals surface area contributed by atoms with Gasteiger partial charge in [-0.1, -0.05) is 0 Å². The molecule has 0 saturated heterocycles. The fraction of sp³-hybridized carbons (Fsp3) is 0.900. The van der Waals surface area contributed by atoms with E-state index in [1.807, 2.05) is 0 Å². The summed E-state index contributed by atoms with van der Waals surface area (Å²) in [6.07, 6.45) is 1.19. The zero-order valence-corrected chi connectivity index (χ0v) is 9.62. The first kappa shape index (κ1) is 13.4. The Morgan fingerprint density at radius 2 is 1.79 bits per heavy atom. The Bertz CT molecular complexity index is 162. The van der Waals surface area contributed by atoms with Gasteiger partial charge in [-0.3, -0.25) is 9.69 Å². The van der Waals surface area contributed by atoms with Gasteiger partial charge in [-0.25, -0.2) is 0 Å². The molecule has 0 fully saturated rings. The molecular weight excluding hydrogens is 180 g/mol. The fourth-order valence-electron chi connectivity index (χ4n) is 1.58. The van der Waals surface area contributed by atoms with Gasteiger partial charge in [-0.15, -0.1) is 0 Å². The molecule has 0 bridgehead atoms. The van der Waals surface area contributed by atoms with Crippen LogP contribution in [0, 0.1) is 0 Å². The summed E-state index contributed by atoms with van der Waals surface area (Å²) in [7, 11) is 0. The number of rotatable bonds is 6. The van der Waals surface area contributed by atoms with Crippen LogP contribution in [0.15, 0.2) is 0 Å². The summed E-state index contributed by atoms with van der Waals surface area (Å²) in [4.78, 5) is 17.2. The lowest BCUT2D eigenvalue weighted by atomic mass is 10.2. The first-order valence-electron chi connectivity index (χ1n) is 5.14. The van der Waals surface area contributed by atoms with Crippen LogP contribution < -0.4 is 5.90 Å². The molecule has 4 nitrogen and oxygen atoms in total. The van der Waals surface area contributed by atoms with Crippen LogP contribution in [-0.2, 0) is 9.63 Å². The highest BCUT2D eigenvalue weighted by Gasteiger charge is 2.13. The molecule has 0 unspecified atom stereocenters. The third kappa shape index (κ3) is 5.19. The lowest BCUT2D eigenvalue weighted by molar-refractivity contribution is -0.144. The number of nitrogens with zero attached hydrogens (tertiary/aromatic N) is 1. The van der Waals surface area contributed by atoms with E-state index < -0.39 is 0 Å². The van der Waals surface area contributed by atoms with E-state index in [9.17, 15) is 4.79 Å². The van der Waals surface area contributed by atoms with E-state index in [1.54, 1.807) is 0 Å². The van der Waals surface area contributed by atoms with Crippen LogP contribution in [0.4, 0.5) is 0 Å². The van der Waals surface area contributed by atoms with Gasteiger partial charge in [0, 0.05) is 18.5 Å². The van der Waals surface area contributed by atoms with Gasteiger partial charge in [-0.2, -0.15) is 5.90 Å². The Morgan fingerprint density at radius 1 is 1.29 bits per heavy atom. The highest BCUT2D eigenvalue weighted by atomic mass is 16.7. The van der Waals surface area contributed by atoms with Gasteiger partial charge in [-0.05, 0) is 40.7 Å². The van der Waals surface area contributed by atoms with Crippen LogP contribution in [0.25, 0.3) is 0 Å². The Hall–Kier alpha value is -0.610. The molecule has 0 rings (SSSR count). The van der Waals surface area contributed by atoms with E-state index in [0.717, 1.165) is 13.0 Å². The minimum Gasteiger partial charge on any atom is -0.373 e. The highest BCUT2D eigenvalue weighted by Crippen LogP contribution is 2.06. The molecule has 0 aliphatic rings. The van der Waals surface area contributed by atoms with Gasteiger partial charge >= 0.3 is 5.97 Å². The maximum Gasteiger partial charge on any atom is 0.324 e. The molecule has 2 N–H and O–H groups in total. The molecule has 84 valence electrons. The Kier molecular flexibility index (Phi) is 6.49. The number of carbonyl (C=O) groups is 1. The van der Waals surface area contributed by atoms with Gasteiger partial charge in [0.1, 0.15) is 0 Å². The molecule has 0 heterocycles. The van der Waals surface area contributed by atoms with E-state index >= 15 is 0 Å². The molecule has 4 heteroatoms. The third-order valence-electron chi connectivity index (χ3n) is 2.26. The fourth-order valence-corrected chi connectivity index (χ4v) is 1.58. The van der Waals surface area contributed by atoms with Crippen molar-refractivity contribution in [3.8, 4) is 0 Å². The van der Waals surface area contributed by atoms with Gasteiger partial charge in [0.2, 0.25) is 0 Å². The summed E-state index contributed by atoms with van der Waals surface area (Å²) in [5.41, 5.74) is 0. The van der Waals surface area contributed by atoms with Crippen LogP contribution in [0.1, 0.15) is 40.5 Å². The van der Waals surface area contributed by atoms with Gasteiger partial charge in [0.15, 0.2) is 0 Å². The molecule has 0 atom stereocenters. The summed E-state index contributed by atoms with van der Waals surface area (Å²) >= 11 is 0. The van der Waals surface area contributed by atoms with Gasteiger partial charge < -0.3 is 4.84 Å². The molecule has 0 spiro atoms. The summed E-state index contributed by atoms with van der Waals surface area (Å²) in [5, 5.41) is 0. The van der Waals surface area contributed by atoms with Crippen molar-refractivity contribution in [1.82, 2.24) is 4.90 Å². The summed E-state index contributed by atoms with van der Waals surface area (Å²) in [6, 6.07) is 1.01. The summed E-state index contributed by atoms with van der Waals surface area (Å²) in [5.74, 6) is 4.41. The Balaban J connectivity index is 3.78. The third-order valence-corrected chi connectivity index (χ3v) is 2.26. The number of hydrogen-bond acceptors (Lipinski definition) is 4. The Morgan fingerprint density at radius 3 is 2.14 bits per heavy atom. The van der Waals surface area contributed by atoms with Crippen molar-refractivity contribution in [3.63, 3.8) is 0 Å². The van der Waals surface area contributed by atoms with E-state index in [-0.39, 0.29) is 5.97 Å². The summed E-state index contributed by atoms with van der Waals surface area (Å²) in [6.45, 7) is 9.52. The lowest BCUT2D eigenvalue weighted by Gasteiger charge is -2.30. The van der Waals surface area contributed by atoms with Crippen LogP contribution >= 0.6 is 0 Å². The van der Waals surface area contributed by atoms with Crippen molar-refractivity contribution in [1.29, 1.82) is 0 Å². The quantitative estimate of drug-likeness (QED) is 0.660. The zero-order chi connectivity index (χ0) is 11.1. The second kappa shape index (κ2) is 6.79. The molecular formula is C10H22N2O2. The highest BCUT2D eigenvalue weighted by molar-refractivity contribution is 5.68. The monoisotopic (exact) mass is 202 g/mol. The molecule has 0 aliphatic heterocycles. The van der Waals surface area contributed by atoms with Crippen molar-refractivity contribution in [2.24, 2.45) is 5.90 Å². The number of hydrogen-bond donors (Lipinski definition) is 1. The second-order valence-electron chi connectivity index (χ2n) is 4.02.